The highest BCUT2D eigenvalue weighted by molar-refractivity contribution is 4.57. The Hall–Kier alpha value is -0.440. The molecule has 0 bridgehead atoms. The Labute approximate surface area is 78.8 Å². The van der Waals surface area contributed by atoms with Crippen molar-refractivity contribution in [3.63, 3.8) is 0 Å². The highest BCUT2D eigenvalue weighted by Crippen LogP contribution is 2.18. The molecule has 0 N–H and O–H groups in total. The topological polar surface area (TPSA) is 0 Å². The average Bonchev–Trinajstić information content (AvgIpc) is 1.87. The van der Waals surface area contributed by atoms with Gasteiger partial charge >= 0.3 is 0 Å². The third-order valence-corrected chi connectivity index (χ3v) is 1.75. The van der Waals surface area contributed by atoms with Crippen molar-refractivity contribution in [2.45, 2.75) is 47.5 Å². The molecule has 0 atom stereocenters. The summed E-state index contributed by atoms with van der Waals surface area (Å²) in [5.74, 6) is 2.66. The Morgan fingerprint density at radius 3 is 1.17 bits per heavy atom. The molecule has 0 nitrogen and oxygen atoms in total. The van der Waals surface area contributed by atoms with Gasteiger partial charge in [0, 0.05) is 0 Å². The maximum absolute atomic E-state index is 4.00. The first-order valence-electron chi connectivity index (χ1n) is 4.85. The molecule has 12 heavy (non-hydrogen) atoms. The summed E-state index contributed by atoms with van der Waals surface area (Å²) in [4.78, 5) is 0. The van der Waals surface area contributed by atoms with E-state index in [0.717, 1.165) is 17.8 Å². The Kier molecular flexibility index (Phi) is 10.2. The number of rotatable bonds is 4. The first kappa shape index (κ1) is 14.1. The standard InChI is InChI=1S/C10H22.C2H2/c1-8(2)6-10(5)7-9(3)4;1-2/h8-10H,6-7H2,1-5H3;1-2H. The van der Waals surface area contributed by atoms with Gasteiger partial charge < -0.3 is 0 Å². The van der Waals surface area contributed by atoms with E-state index in [0.29, 0.717) is 0 Å². The summed E-state index contributed by atoms with van der Waals surface area (Å²) in [7, 11) is 0. The second kappa shape index (κ2) is 8.65. The predicted molar refractivity (Wildman–Crippen MR) is 58.0 cm³/mol. The first-order valence-corrected chi connectivity index (χ1v) is 4.85. The minimum absolute atomic E-state index is 0.869. The number of hydrogen-bond donors (Lipinski definition) is 0. The third kappa shape index (κ3) is 12.3. The van der Waals surface area contributed by atoms with Gasteiger partial charge in [-0.25, -0.2) is 0 Å². The normalized spacial score (nSPS) is 10.2. The second-order valence-corrected chi connectivity index (χ2v) is 4.36. The van der Waals surface area contributed by atoms with Gasteiger partial charge in [-0.05, 0) is 30.6 Å². The maximum atomic E-state index is 4.00. The molecule has 0 fully saturated rings. The lowest BCUT2D eigenvalue weighted by Gasteiger charge is -2.15. The van der Waals surface area contributed by atoms with Crippen LogP contribution in [0.1, 0.15) is 47.5 Å². The van der Waals surface area contributed by atoms with E-state index in [2.05, 4.69) is 47.5 Å². The lowest BCUT2D eigenvalue weighted by atomic mass is 9.91. The Bertz CT molecular complexity index is 87.9. The van der Waals surface area contributed by atoms with Crippen molar-refractivity contribution in [2.24, 2.45) is 17.8 Å². The summed E-state index contributed by atoms with van der Waals surface area (Å²) in [5.41, 5.74) is 0. The SMILES string of the molecule is C#C.CC(C)CC(C)CC(C)C. The van der Waals surface area contributed by atoms with Gasteiger partial charge in [0.15, 0.2) is 0 Å². The molecular weight excluding hydrogens is 144 g/mol. The van der Waals surface area contributed by atoms with E-state index in [4.69, 9.17) is 0 Å². The second-order valence-electron chi connectivity index (χ2n) is 4.36. The molecule has 0 aliphatic carbocycles. The van der Waals surface area contributed by atoms with Gasteiger partial charge in [0.25, 0.3) is 0 Å². The summed E-state index contributed by atoms with van der Waals surface area (Å²) in [6.45, 7) is 11.6. The van der Waals surface area contributed by atoms with E-state index >= 15 is 0 Å². The van der Waals surface area contributed by atoms with Crippen molar-refractivity contribution in [1.82, 2.24) is 0 Å². The van der Waals surface area contributed by atoms with Crippen molar-refractivity contribution < 1.29 is 0 Å². The Balaban J connectivity index is 0. The molecule has 72 valence electrons. The largest absolute Gasteiger partial charge is 0.124 e. The van der Waals surface area contributed by atoms with Crippen LogP contribution in [0.2, 0.25) is 0 Å². The lowest BCUT2D eigenvalue weighted by Crippen LogP contribution is -2.03. The van der Waals surface area contributed by atoms with Gasteiger partial charge in [-0.1, -0.05) is 34.6 Å². The molecule has 0 spiro atoms. The molecular formula is C12H24. The molecule has 0 aromatic heterocycles. The maximum Gasteiger partial charge on any atom is -0.0438 e. The molecule has 0 radical (unpaired) electrons. The smallest absolute Gasteiger partial charge is 0.0438 e. The lowest BCUT2D eigenvalue weighted by molar-refractivity contribution is 0.368. The van der Waals surface area contributed by atoms with Crippen LogP contribution in [-0.4, -0.2) is 0 Å². The number of terminal acetylenes is 1. The monoisotopic (exact) mass is 168 g/mol. The molecule has 0 heterocycles. The van der Waals surface area contributed by atoms with Crippen molar-refractivity contribution >= 4 is 0 Å². The highest BCUT2D eigenvalue weighted by Gasteiger charge is 2.06. The van der Waals surface area contributed by atoms with Crippen LogP contribution in [0.25, 0.3) is 0 Å². The van der Waals surface area contributed by atoms with E-state index in [1.54, 1.807) is 0 Å². The fourth-order valence-corrected chi connectivity index (χ4v) is 1.71. The van der Waals surface area contributed by atoms with E-state index in [1.807, 2.05) is 0 Å². The zero-order chi connectivity index (χ0) is 10.1. The molecule has 0 unspecified atom stereocenters. The van der Waals surface area contributed by atoms with Gasteiger partial charge in [0.1, 0.15) is 0 Å². The number of hydrogen-bond acceptors (Lipinski definition) is 0. The van der Waals surface area contributed by atoms with Crippen LogP contribution < -0.4 is 0 Å². The Morgan fingerprint density at radius 2 is 1.00 bits per heavy atom. The molecule has 0 aliphatic rings. The van der Waals surface area contributed by atoms with Crippen LogP contribution >= 0.6 is 0 Å². The van der Waals surface area contributed by atoms with E-state index in [-0.39, 0.29) is 0 Å². The summed E-state index contributed by atoms with van der Waals surface area (Å²) >= 11 is 0. The molecule has 0 aromatic carbocycles. The fraction of sp³-hybridized carbons (Fsp3) is 0.833. The van der Waals surface area contributed by atoms with Crippen molar-refractivity contribution in [1.29, 1.82) is 0 Å². The third-order valence-electron chi connectivity index (χ3n) is 1.75. The van der Waals surface area contributed by atoms with Gasteiger partial charge in [-0.2, -0.15) is 0 Å². The predicted octanol–water partition coefficient (Wildman–Crippen LogP) is 3.96. The molecule has 0 aromatic rings. The van der Waals surface area contributed by atoms with Gasteiger partial charge in [-0.3, -0.25) is 0 Å². The molecule has 0 saturated carbocycles. The molecule has 0 saturated heterocycles. The summed E-state index contributed by atoms with van der Waals surface area (Å²) < 4.78 is 0. The average molecular weight is 168 g/mol. The van der Waals surface area contributed by atoms with Crippen LogP contribution in [-0.2, 0) is 0 Å². The highest BCUT2D eigenvalue weighted by atomic mass is 14.1. The van der Waals surface area contributed by atoms with Crippen LogP contribution in [0.4, 0.5) is 0 Å². The van der Waals surface area contributed by atoms with Crippen molar-refractivity contribution in [3.8, 4) is 12.8 Å². The molecule has 0 heteroatoms. The summed E-state index contributed by atoms with van der Waals surface area (Å²) in [6, 6.07) is 0. The fourth-order valence-electron chi connectivity index (χ4n) is 1.71. The molecule has 0 aliphatic heterocycles. The summed E-state index contributed by atoms with van der Waals surface area (Å²) in [6.07, 6.45) is 10.8. The minimum Gasteiger partial charge on any atom is -0.124 e. The van der Waals surface area contributed by atoms with Crippen LogP contribution in [0.5, 0.6) is 0 Å². The van der Waals surface area contributed by atoms with E-state index in [1.165, 1.54) is 12.8 Å². The first-order chi connectivity index (χ1) is 5.52. The van der Waals surface area contributed by atoms with Crippen LogP contribution in [0.3, 0.4) is 0 Å². The van der Waals surface area contributed by atoms with Gasteiger partial charge in [-0.15, -0.1) is 12.8 Å². The summed E-state index contributed by atoms with van der Waals surface area (Å²) in [5, 5.41) is 0. The minimum atomic E-state index is 0.869. The van der Waals surface area contributed by atoms with Gasteiger partial charge in [0.2, 0.25) is 0 Å². The molecule has 0 rings (SSSR count). The van der Waals surface area contributed by atoms with Crippen LogP contribution in [0.15, 0.2) is 0 Å². The molecule has 0 amide bonds. The van der Waals surface area contributed by atoms with Gasteiger partial charge in [0.05, 0.1) is 0 Å². The zero-order valence-corrected chi connectivity index (χ0v) is 9.30. The van der Waals surface area contributed by atoms with E-state index in [9.17, 15) is 0 Å². The van der Waals surface area contributed by atoms with Crippen molar-refractivity contribution in [3.05, 3.63) is 0 Å². The van der Waals surface area contributed by atoms with Crippen molar-refractivity contribution in [2.75, 3.05) is 0 Å². The quantitative estimate of drug-likeness (QED) is 0.557. The van der Waals surface area contributed by atoms with Crippen LogP contribution in [0, 0.1) is 30.6 Å². The zero-order valence-electron chi connectivity index (χ0n) is 9.30. The van der Waals surface area contributed by atoms with E-state index < -0.39 is 0 Å². The Morgan fingerprint density at radius 1 is 0.750 bits per heavy atom.